The Morgan fingerprint density at radius 2 is 1.73 bits per heavy atom. The van der Waals surface area contributed by atoms with Crippen molar-refractivity contribution >= 4 is 11.7 Å². The molecular weight excluding hydrogens is 372 g/mol. The number of nitrogens with one attached hydrogen (secondary N) is 2. The second kappa shape index (κ2) is 8.72. The van der Waals surface area contributed by atoms with Crippen LogP contribution in [0.15, 0.2) is 60.7 Å². The number of benzene rings is 3. The molecule has 1 atom stereocenters. The van der Waals surface area contributed by atoms with Gasteiger partial charge in [-0.05, 0) is 60.6 Å². The third-order valence-corrected chi connectivity index (χ3v) is 5.67. The lowest BCUT2D eigenvalue weighted by molar-refractivity contribution is 0.159. The van der Waals surface area contributed by atoms with Gasteiger partial charge in [-0.25, -0.2) is 4.79 Å². The zero-order chi connectivity index (χ0) is 21.1. The van der Waals surface area contributed by atoms with Gasteiger partial charge in [0.15, 0.2) is 0 Å². The summed E-state index contributed by atoms with van der Waals surface area (Å²) < 4.78 is 0. The average molecular weight is 401 g/mol. The van der Waals surface area contributed by atoms with Crippen molar-refractivity contribution in [1.82, 2.24) is 5.32 Å². The maximum atomic E-state index is 12.4. The lowest BCUT2D eigenvalue weighted by atomic mass is 9.88. The van der Waals surface area contributed by atoms with E-state index in [0.29, 0.717) is 13.0 Å². The van der Waals surface area contributed by atoms with E-state index in [-0.39, 0.29) is 12.1 Å². The Morgan fingerprint density at radius 3 is 2.47 bits per heavy atom. The zero-order valence-corrected chi connectivity index (χ0v) is 17.5. The summed E-state index contributed by atoms with van der Waals surface area (Å²) in [6.45, 7) is 4.67. The molecule has 3 aromatic carbocycles. The molecule has 0 aliphatic heterocycles. The van der Waals surface area contributed by atoms with Crippen LogP contribution in [0.2, 0.25) is 0 Å². The number of aliphatic hydroxyl groups is 1. The number of fused-ring (bicyclic) bond motifs is 1. The molecule has 1 unspecified atom stereocenters. The van der Waals surface area contributed by atoms with Crippen LogP contribution in [0.3, 0.4) is 0 Å². The van der Waals surface area contributed by atoms with Crippen LogP contribution in [0.5, 0.6) is 0 Å². The summed E-state index contributed by atoms with van der Waals surface area (Å²) in [5.74, 6) is 0. The molecule has 4 heteroatoms. The quantitative estimate of drug-likeness (QED) is 0.568. The molecule has 1 aliphatic carbocycles. The maximum absolute atomic E-state index is 12.4. The number of anilines is 1. The minimum Gasteiger partial charge on any atom is -0.393 e. The van der Waals surface area contributed by atoms with Gasteiger partial charge in [-0.15, -0.1) is 0 Å². The van der Waals surface area contributed by atoms with Gasteiger partial charge in [0.25, 0.3) is 0 Å². The van der Waals surface area contributed by atoms with Crippen LogP contribution >= 0.6 is 0 Å². The number of urea groups is 1. The Kier molecular flexibility index (Phi) is 5.86. The number of hydrogen-bond donors (Lipinski definition) is 3. The first-order valence-corrected chi connectivity index (χ1v) is 10.5. The summed E-state index contributed by atoms with van der Waals surface area (Å²) in [6, 6.07) is 20.5. The fourth-order valence-corrected chi connectivity index (χ4v) is 4.19. The van der Waals surface area contributed by atoms with Crippen molar-refractivity contribution < 1.29 is 9.90 Å². The molecule has 0 fully saturated rings. The average Bonchev–Trinajstić information content (AvgIpc) is 2.72. The van der Waals surface area contributed by atoms with Gasteiger partial charge in [-0.1, -0.05) is 65.7 Å². The molecule has 2 amide bonds. The molecule has 0 radical (unpaired) electrons. The number of carbonyl (C=O) groups is 1. The van der Waals surface area contributed by atoms with Gasteiger partial charge in [0, 0.05) is 18.7 Å². The smallest absolute Gasteiger partial charge is 0.319 e. The molecule has 4 nitrogen and oxygen atoms in total. The van der Waals surface area contributed by atoms with Crippen molar-refractivity contribution in [2.45, 2.75) is 45.8 Å². The lowest BCUT2D eigenvalue weighted by Crippen LogP contribution is -2.29. The van der Waals surface area contributed by atoms with Crippen molar-refractivity contribution in [3.63, 3.8) is 0 Å². The minimum atomic E-state index is -0.334. The monoisotopic (exact) mass is 400 g/mol. The summed E-state index contributed by atoms with van der Waals surface area (Å²) in [4.78, 5) is 12.4. The molecule has 0 saturated heterocycles. The number of carbonyl (C=O) groups excluding carboxylic acids is 1. The normalized spacial score (nSPS) is 15.4. The van der Waals surface area contributed by atoms with E-state index in [0.717, 1.165) is 29.7 Å². The van der Waals surface area contributed by atoms with E-state index in [4.69, 9.17) is 0 Å². The number of hydrogen-bond acceptors (Lipinski definition) is 2. The third kappa shape index (κ3) is 4.71. The van der Waals surface area contributed by atoms with Crippen molar-refractivity contribution in [3.05, 3.63) is 88.5 Å². The summed E-state index contributed by atoms with van der Waals surface area (Å²) in [7, 11) is 0. The molecule has 4 rings (SSSR count). The highest BCUT2D eigenvalue weighted by molar-refractivity contribution is 5.90. The Bertz CT molecular complexity index is 1040. The highest BCUT2D eigenvalue weighted by Crippen LogP contribution is 2.28. The summed E-state index contributed by atoms with van der Waals surface area (Å²) in [6.07, 6.45) is 1.88. The molecule has 0 saturated carbocycles. The molecule has 3 aromatic rings. The van der Waals surface area contributed by atoms with E-state index in [1.165, 1.54) is 27.8 Å². The van der Waals surface area contributed by atoms with Crippen molar-refractivity contribution in [2.75, 3.05) is 5.32 Å². The highest BCUT2D eigenvalue weighted by atomic mass is 16.3. The molecule has 0 heterocycles. The molecule has 1 aliphatic rings. The molecular formula is C26H28N2O2. The highest BCUT2D eigenvalue weighted by Gasteiger charge is 2.19. The van der Waals surface area contributed by atoms with Gasteiger partial charge in [-0.2, -0.15) is 0 Å². The Morgan fingerprint density at radius 1 is 1.00 bits per heavy atom. The zero-order valence-electron chi connectivity index (χ0n) is 17.5. The van der Waals surface area contributed by atoms with Crippen molar-refractivity contribution in [3.8, 4) is 11.1 Å². The van der Waals surface area contributed by atoms with Crippen LogP contribution in [-0.4, -0.2) is 17.2 Å². The molecule has 30 heavy (non-hydrogen) atoms. The Labute approximate surface area is 178 Å². The molecule has 0 aromatic heterocycles. The molecule has 3 N–H and O–H groups in total. The third-order valence-electron chi connectivity index (χ3n) is 5.67. The van der Waals surface area contributed by atoms with E-state index in [2.05, 4.69) is 60.9 Å². The molecule has 154 valence electrons. The fraction of sp³-hybridized carbons (Fsp3) is 0.269. The first-order chi connectivity index (χ1) is 14.5. The van der Waals surface area contributed by atoms with Gasteiger partial charge >= 0.3 is 6.03 Å². The van der Waals surface area contributed by atoms with E-state index in [9.17, 15) is 9.90 Å². The summed E-state index contributed by atoms with van der Waals surface area (Å²) in [5.41, 5.74) is 8.97. The molecule has 0 bridgehead atoms. The van der Waals surface area contributed by atoms with Gasteiger partial charge in [0.1, 0.15) is 0 Å². The van der Waals surface area contributed by atoms with E-state index >= 15 is 0 Å². The van der Waals surface area contributed by atoms with Gasteiger partial charge < -0.3 is 15.7 Å². The predicted molar refractivity (Wildman–Crippen MR) is 122 cm³/mol. The largest absolute Gasteiger partial charge is 0.393 e. The first-order valence-electron chi connectivity index (χ1n) is 10.5. The second-order valence-electron chi connectivity index (χ2n) is 8.22. The van der Waals surface area contributed by atoms with Gasteiger partial charge in [0.2, 0.25) is 0 Å². The van der Waals surface area contributed by atoms with Crippen LogP contribution in [0, 0.1) is 13.8 Å². The van der Waals surface area contributed by atoms with Crippen molar-refractivity contribution in [1.29, 1.82) is 0 Å². The summed E-state index contributed by atoms with van der Waals surface area (Å²) >= 11 is 0. The van der Waals surface area contributed by atoms with E-state index in [1.54, 1.807) is 0 Å². The van der Waals surface area contributed by atoms with Crippen LogP contribution in [0.4, 0.5) is 10.5 Å². The van der Waals surface area contributed by atoms with Crippen molar-refractivity contribution in [2.24, 2.45) is 0 Å². The number of aliphatic hydroxyl groups excluding tert-OH is 1. The van der Waals surface area contributed by atoms with Gasteiger partial charge in [-0.3, -0.25) is 0 Å². The lowest BCUT2D eigenvalue weighted by Gasteiger charge is -2.23. The SMILES string of the molecule is Cc1cc(C)cc(-c2ccc(CNC(=O)Nc3cccc4c3CC(O)CC4)cc2)c1. The molecule has 0 spiro atoms. The topological polar surface area (TPSA) is 61.4 Å². The van der Waals surface area contributed by atoms with Gasteiger partial charge in [0.05, 0.1) is 6.10 Å². The Balaban J connectivity index is 1.38. The fourth-order valence-electron chi connectivity index (χ4n) is 4.19. The van der Waals surface area contributed by atoms with Crippen LogP contribution in [0.25, 0.3) is 11.1 Å². The van der Waals surface area contributed by atoms with Crippen LogP contribution < -0.4 is 10.6 Å². The van der Waals surface area contributed by atoms with Crippen LogP contribution in [0.1, 0.15) is 34.2 Å². The predicted octanol–water partition coefficient (Wildman–Crippen LogP) is 5.14. The van der Waals surface area contributed by atoms with E-state index in [1.807, 2.05) is 24.3 Å². The second-order valence-corrected chi connectivity index (χ2v) is 8.22. The first kappa shape index (κ1) is 20.2. The number of amides is 2. The summed E-state index contributed by atoms with van der Waals surface area (Å²) in [5, 5.41) is 15.9. The standard InChI is InChI=1S/C26H28N2O2/c1-17-12-18(2)14-22(13-17)20-8-6-19(7-9-20)16-27-26(30)28-25-5-3-4-21-10-11-23(29)15-24(21)25/h3-9,12-14,23,29H,10-11,15-16H2,1-2H3,(H2,27,28,30). The maximum Gasteiger partial charge on any atom is 0.319 e. The minimum absolute atomic E-state index is 0.234. The van der Waals surface area contributed by atoms with E-state index < -0.39 is 0 Å². The number of rotatable bonds is 4. The Hall–Kier alpha value is -3.11. The van der Waals surface area contributed by atoms with Crippen LogP contribution in [-0.2, 0) is 19.4 Å². The number of aryl methyl sites for hydroxylation is 3.